The summed E-state index contributed by atoms with van der Waals surface area (Å²) in [6.45, 7) is 6.54. The van der Waals surface area contributed by atoms with E-state index in [4.69, 9.17) is 16.3 Å². The van der Waals surface area contributed by atoms with Gasteiger partial charge in [-0.05, 0) is 19.3 Å². The first-order chi connectivity index (χ1) is 8.22. The normalized spacial score (nSPS) is 24.2. The molecule has 1 aromatic rings. The molecule has 1 fully saturated rings. The number of halogens is 1. The molecule has 1 aromatic heterocycles. The van der Waals surface area contributed by atoms with Crippen molar-refractivity contribution >= 4 is 11.6 Å². The van der Waals surface area contributed by atoms with Crippen LogP contribution in [0, 0.1) is 12.8 Å². The van der Waals surface area contributed by atoms with Gasteiger partial charge in [0.05, 0.1) is 12.3 Å². The molecular formula is C12H16ClN3O. The third-order valence-electron chi connectivity index (χ3n) is 3.45. The van der Waals surface area contributed by atoms with Crippen LogP contribution in [-0.4, -0.2) is 34.6 Å². The van der Waals surface area contributed by atoms with Gasteiger partial charge in [-0.25, -0.2) is 9.97 Å². The Morgan fingerprint density at radius 3 is 3.06 bits per heavy atom. The van der Waals surface area contributed by atoms with Gasteiger partial charge in [-0.15, -0.1) is 0 Å². The van der Waals surface area contributed by atoms with Gasteiger partial charge < -0.3 is 4.74 Å². The van der Waals surface area contributed by atoms with Crippen LogP contribution in [0.4, 0.5) is 0 Å². The zero-order valence-electron chi connectivity index (χ0n) is 9.95. The molecule has 92 valence electrons. The van der Waals surface area contributed by atoms with E-state index in [-0.39, 0.29) is 0 Å². The Morgan fingerprint density at radius 2 is 2.29 bits per heavy atom. The number of rotatable bonds is 2. The second-order valence-corrected chi connectivity index (χ2v) is 5.24. The van der Waals surface area contributed by atoms with Crippen LogP contribution < -0.4 is 0 Å². The second-order valence-electron chi connectivity index (χ2n) is 4.89. The summed E-state index contributed by atoms with van der Waals surface area (Å²) in [5.74, 6) is 1.43. The molecule has 0 spiro atoms. The smallest absolute Gasteiger partial charge is 0.137 e. The summed E-state index contributed by atoms with van der Waals surface area (Å²) in [6, 6.07) is 0. The Hall–Kier alpha value is -0.710. The van der Waals surface area contributed by atoms with Gasteiger partial charge in [0.1, 0.15) is 11.0 Å². The lowest BCUT2D eigenvalue weighted by Crippen LogP contribution is -2.24. The number of aromatic nitrogens is 2. The fourth-order valence-corrected chi connectivity index (χ4v) is 2.91. The Morgan fingerprint density at radius 1 is 1.41 bits per heavy atom. The summed E-state index contributed by atoms with van der Waals surface area (Å²) in [5.41, 5.74) is 2.21. The molecule has 1 atom stereocenters. The maximum Gasteiger partial charge on any atom is 0.137 e. The standard InChI is InChI=1S/C12H16ClN3O/c1-8-14-11-6-16(4-9-2-3-17-7-9)5-10(11)12(13)15-8/h9H,2-7H2,1H3. The number of nitrogens with zero attached hydrogens (tertiary/aromatic N) is 3. The van der Waals surface area contributed by atoms with E-state index in [2.05, 4.69) is 14.9 Å². The monoisotopic (exact) mass is 253 g/mol. The first-order valence-corrected chi connectivity index (χ1v) is 6.42. The van der Waals surface area contributed by atoms with Gasteiger partial charge in [-0.2, -0.15) is 0 Å². The minimum Gasteiger partial charge on any atom is -0.381 e. The molecule has 5 heteroatoms. The number of hydrogen-bond acceptors (Lipinski definition) is 4. The van der Waals surface area contributed by atoms with Crippen LogP contribution in [0.3, 0.4) is 0 Å². The van der Waals surface area contributed by atoms with Crippen molar-refractivity contribution in [2.75, 3.05) is 19.8 Å². The third kappa shape index (κ3) is 2.30. The van der Waals surface area contributed by atoms with E-state index in [0.29, 0.717) is 11.1 Å². The summed E-state index contributed by atoms with van der Waals surface area (Å²) in [7, 11) is 0. The van der Waals surface area contributed by atoms with E-state index in [0.717, 1.165) is 49.9 Å². The highest BCUT2D eigenvalue weighted by molar-refractivity contribution is 6.30. The Kier molecular flexibility index (Phi) is 3.03. The van der Waals surface area contributed by atoms with Crippen LogP contribution in [0.1, 0.15) is 23.5 Å². The Labute approximate surface area is 106 Å². The highest BCUT2D eigenvalue weighted by Crippen LogP contribution is 2.28. The van der Waals surface area contributed by atoms with Crippen molar-refractivity contribution in [3.05, 3.63) is 22.2 Å². The summed E-state index contributed by atoms with van der Waals surface area (Å²) >= 11 is 6.15. The number of aryl methyl sites for hydroxylation is 1. The number of ether oxygens (including phenoxy) is 1. The van der Waals surface area contributed by atoms with Crippen molar-refractivity contribution in [1.29, 1.82) is 0 Å². The third-order valence-corrected chi connectivity index (χ3v) is 3.76. The van der Waals surface area contributed by atoms with Gasteiger partial charge in [0.25, 0.3) is 0 Å². The van der Waals surface area contributed by atoms with Crippen molar-refractivity contribution in [2.24, 2.45) is 5.92 Å². The molecule has 4 nitrogen and oxygen atoms in total. The fourth-order valence-electron chi connectivity index (χ4n) is 2.62. The van der Waals surface area contributed by atoms with E-state index in [1.807, 2.05) is 6.92 Å². The van der Waals surface area contributed by atoms with Gasteiger partial charge >= 0.3 is 0 Å². The molecule has 0 N–H and O–H groups in total. The number of fused-ring (bicyclic) bond motifs is 1. The molecule has 3 rings (SSSR count). The molecule has 1 unspecified atom stereocenters. The van der Waals surface area contributed by atoms with Gasteiger partial charge in [-0.3, -0.25) is 4.90 Å². The predicted molar refractivity (Wildman–Crippen MR) is 64.8 cm³/mol. The van der Waals surface area contributed by atoms with Crippen molar-refractivity contribution < 1.29 is 4.74 Å². The van der Waals surface area contributed by atoms with Crippen molar-refractivity contribution in [3.8, 4) is 0 Å². The summed E-state index contributed by atoms with van der Waals surface area (Å²) in [5, 5.41) is 0.623. The minimum atomic E-state index is 0.623. The lowest BCUT2D eigenvalue weighted by Gasteiger charge is -2.17. The molecule has 2 aliphatic rings. The van der Waals surface area contributed by atoms with Crippen molar-refractivity contribution in [3.63, 3.8) is 0 Å². The zero-order valence-corrected chi connectivity index (χ0v) is 10.7. The maximum absolute atomic E-state index is 6.15. The van der Waals surface area contributed by atoms with E-state index in [1.54, 1.807) is 0 Å². The molecule has 0 saturated carbocycles. The molecule has 0 aromatic carbocycles. The van der Waals surface area contributed by atoms with Gasteiger partial charge in [0.2, 0.25) is 0 Å². The molecule has 0 aliphatic carbocycles. The molecule has 1 saturated heterocycles. The van der Waals surface area contributed by atoms with E-state index < -0.39 is 0 Å². The fraction of sp³-hybridized carbons (Fsp3) is 0.667. The van der Waals surface area contributed by atoms with Crippen molar-refractivity contribution in [2.45, 2.75) is 26.4 Å². The van der Waals surface area contributed by atoms with Crippen LogP contribution in [0.25, 0.3) is 0 Å². The summed E-state index contributed by atoms with van der Waals surface area (Å²) < 4.78 is 5.41. The van der Waals surface area contributed by atoms with E-state index >= 15 is 0 Å². The average molecular weight is 254 g/mol. The van der Waals surface area contributed by atoms with Gasteiger partial charge in [0.15, 0.2) is 0 Å². The largest absolute Gasteiger partial charge is 0.381 e. The number of hydrogen-bond donors (Lipinski definition) is 0. The average Bonchev–Trinajstić information content (AvgIpc) is 2.87. The lowest BCUT2D eigenvalue weighted by atomic mass is 10.1. The van der Waals surface area contributed by atoms with Crippen LogP contribution in [0.15, 0.2) is 0 Å². The Balaban J connectivity index is 1.71. The Bertz CT molecular complexity index is 432. The predicted octanol–water partition coefficient (Wildman–Crippen LogP) is 1.79. The van der Waals surface area contributed by atoms with Gasteiger partial charge in [-0.1, -0.05) is 11.6 Å². The maximum atomic E-state index is 6.15. The molecule has 0 bridgehead atoms. The highest BCUT2D eigenvalue weighted by atomic mass is 35.5. The van der Waals surface area contributed by atoms with Crippen LogP contribution in [0.5, 0.6) is 0 Å². The molecule has 3 heterocycles. The van der Waals surface area contributed by atoms with Gasteiger partial charge in [0, 0.05) is 31.8 Å². The first-order valence-electron chi connectivity index (χ1n) is 6.04. The summed E-state index contributed by atoms with van der Waals surface area (Å²) in [4.78, 5) is 11.1. The molecular weight excluding hydrogens is 238 g/mol. The second kappa shape index (κ2) is 4.52. The molecule has 0 radical (unpaired) electrons. The van der Waals surface area contributed by atoms with Crippen LogP contribution in [-0.2, 0) is 17.8 Å². The topological polar surface area (TPSA) is 38.2 Å². The van der Waals surface area contributed by atoms with E-state index in [1.165, 1.54) is 6.42 Å². The SMILES string of the molecule is Cc1nc(Cl)c2c(n1)CN(CC1CCOC1)C2. The lowest BCUT2D eigenvalue weighted by molar-refractivity contribution is 0.167. The zero-order chi connectivity index (χ0) is 11.8. The summed E-state index contributed by atoms with van der Waals surface area (Å²) in [6.07, 6.45) is 1.17. The molecule has 17 heavy (non-hydrogen) atoms. The van der Waals surface area contributed by atoms with Crippen LogP contribution >= 0.6 is 11.6 Å². The van der Waals surface area contributed by atoms with Crippen LogP contribution in [0.2, 0.25) is 5.15 Å². The van der Waals surface area contributed by atoms with E-state index in [9.17, 15) is 0 Å². The molecule has 2 aliphatic heterocycles. The highest BCUT2D eigenvalue weighted by Gasteiger charge is 2.27. The quantitative estimate of drug-likeness (QED) is 0.754. The minimum absolute atomic E-state index is 0.623. The molecule has 0 amide bonds. The van der Waals surface area contributed by atoms with Crippen molar-refractivity contribution in [1.82, 2.24) is 14.9 Å². The first kappa shape index (κ1) is 11.4.